The zero-order valence-electron chi connectivity index (χ0n) is 16.9. The van der Waals surface area contributed by atoms with E-state index in [2.05, 4.69) is 20.3 Å². The Kier molecular flexibility index (Phi) is 10.2. The molecular formula is C19H26Cl3N7O. The second kappa shape index (κ2) is 11.9. The number of carbonyl (C=O) groups excluding carboxylic acids is 1. The number of aromatic amines is 1. The van der Waals surface area contributed by atoms with Gasteiger partial charge in [-0.25, -0.2) is 0 Å². The van der Waals surface area contributed by atoms with Crippen molar-refractivity contribution in [3.63, 3.8) is 0 Å². The van der Waals surface area contributed by atoms with Gasteiger partial charge in [0, 0.05) is 19.1 Å². The van der Waals surface area contributed by atoms with E-state index in [0.29, 0.717) is 17.6 Å². The molecule has 0 radical (unpaired) electrons. The highest BCUT2D eigenvalue weighted by atomic mass is 35.5. The smallest absolute Gasteiger partial charge is 0.341 e. The molecule has 1 aliphatic rings. The first-order chi connectivity index (χ1) is 13.5. The molecule has 8 nitrogen and oxygen atoms in total. The Morgan fingerprint density at radius 3 is 2.53 bits per heavy atom. The van der Waals surface area contributed by atoms with E-state index < -0.39 is 0 Å². The van der Waals surface area contributed by atoms with Crippen molar-refractivity contribution in [3.05, 3.63) is 41.7 Å². The molecule has 1 fully saturated rings. The van der Waals surface area contributed by atoms with Crippen molar-refractivity contribution in [1.29, 1.82) is 0 Å². The van der Waals surface area contributed by atoms with Gasteiger partial charge in [-0.2, -0.15) is 8.97 Å². The van der Waals surface area contributed by atoms with Crippen molar-refractivity contribution in [1.82, 2.24) is 14.5 Å². The fourth-order valence-electron chi connectivity index (χ4n) is 3.54. The molecule has 1 saturated carbocycles. The highest BCUT2D eigenvalue weighted by Crippen LogP contribution is 2.24. The Morgan fingerprint density at radius 2 is 2.03 bits per heavy atom. The lowest BCUT2D eigenvalue weighted by Crippen LogP contribution is -3.00. The molecule has 4 rings (SSSR count). The monoisotopic (exact) mass is 473 g/mol. The van der Waals surface area contributed by atoms with E-state index in [4.69, 9.17) is 17.3 Å². The summed E-state index contributed by atoms with van der Waals surface area (Å²) in [6, 6.07) is 3.84. The second-order valence-corrected chi connectivity index (χ2v) is 7.25. The van der Waals surface area contributed by atoms with Crippen LogP contribution in [0.2, 0.25) is 5.15 Å². The maximum absolute atomic E-state index is 12.0. The van der Waals surface area contributed by atoms with Crippen molar-refractivity contribution < 1.29 is 39.0 Å². The molecule has 0 aromatic carbocycles. The Morgan fingerprint density at radius 1 is 1.33 bits per heavy atom. The fourth-order valence-corrected chi connectivity index (χ4v) is 3.73. The number of nitrogens with two attached hydrogens (primary N) is 1. The van der Waals surface area contributed by atoms with Crippen molar-refractivity contribution in [2.24, 2.45) is 0 Å². The predicted octanol–water partition coefficient (Wildman–Crippen LogP) is -3.53. The first-order valence-corrected chi connectivity index (χ1v) is 9.79. The Hall–Kier alpha value is -2.16. The van der Waals surface area contributed by atoms with Gasteiger partial charge in [0.25, 0.3) is 12.2 Å². The number of carbonyl (C=O) groups is 1. The lowest BCUT2D eigenvalue weighted by molar-refractivity contribution is -0.481. The van der Waals surface area contributed by atoms with Gasteiger partial charge in [0.2, 0.25) is 5.82 Å². The number of halogens is 3. The molecule has 0 saturated heterocycles. The number of hydrogen-bond donors (Lipinski definition) is 2. The van der Waals surface area contributed by atoms with Gasteiger partial charge in [-0.05, 0) is 19.8 Å². The largest absolute Gasteiger partial charge is 1.00 e. The third kappa shape index (κ3) is 5.93. The summed E-state index contributed by atoms with van der Waals surface area (Å²) in [5.41, 5.74) is 6.92. The zero-order valence-corrected chi connectivity index (χ0v) is 19.2. The minimum atomic E-state index is -0.110. The van der Waals surface area contributed by atoms with Gasteiger partial charge in [0.15, 0.2) is 11.0 Å². The molecule has 3 aromatic heterocycles. The number of imidazole rings is 1. The zero-order chi connectivity index (χ0) is 20.1. The van der Waals surface area contributed by atoms with Crippen LogP contribution < -0.4 is 45.2 Å². The molecule has 0 atom stereocenters. The van der Waals surface area contributed by atoms with E-state index in [1.165, 1.54) is 26.2 Å². The highest BCUT2D eigenvalue weighted by molar-refractivity contribution is 6.29. The molecule has 164 valence electrons. The summed E-state index contributed by atoms with van der Waals surface area (Å²) < 4.78 is 3.32. The number of anilines is 2. The maximum Gasteiger partial charge on any atom is 0.341 e. The Bertz CT molecular complexity index is 933. The van der Waals surface area contributed by atoms with E-state index in [1.54, 1.807) is 27.6 Å². The highest BCUT2D eigenvalue weighted by Gasteiger charge is 2.28. The average Bonchev–Trinajstić information content (AvgIpc) is 2.96. The van der Waals surface area contributed by atoms with E-state index >= 15 is 0 Å². The van der Waals surface area contributed by atoms with Gasteiger partial charge in [0.05, 0.1) is 12.2 Å². The number of rotatable bonds is 2. The second-order valence-electron chi connectivity index (χ2n) is 6.86. The van der Waals surface area contributed by atoms with Crippen LogP contribution in [0.25, 0.3) is 5.78 Å². The van der Waals surface area contributed by atoms with Crippen LogP contribution in [0.1, 0.15) is 49.5 Å². The van der Waals surface area contributed by atoms with Crippen LogP contribution >= 0.6 is 11.6 Å². The Labute approximate surface area is 193 Å². The first kappa shape index (κ1) is 25.9. The normalized spacial score (nSPS) is 13.4. The SMILES string of the molecule is CC(=O)n1c(C)c(NC2CCCCC2)[n+]2c(N)cc(Cl)nc12.[Cl-].[Cl-].c1cnc[nH+]c1. The van der Waals surface area contributed by atoms with E-state index in [0.717, 1.165) is 24.4 Å². The van der Waals surface area contributed by atoms with Crippen LogP contribution in [-0.4, -0.2) is 26.5 Å². The summed E-state index contributed by atoms with van der Waals surface area (Å²) in [7, 11) is 0. The number of H-pyrrole nitrogens is 1. The van der Waals surface area contributed by atoms with Crippen molar-refractivity contribution >= 4 is 34.9 Å². The Balaban J connectivity index is 0.000000487. The number of hydrogen-bond acceptors (Lipinski definition) is 5. The average molecular weight is 475 g/mol. The van der Waals surface area contributed by atoms with Gasteiger partial charge in [0.1, 0.15) is 11.9 Å². The maximum atomic E-state index is 12.0. The van der Waals surface area contributed by atoms with Crippen LogP contribution in [0, 0.1) is 6.92 Å². The third-order valence-electron chi connectivity index (χ3n) is 4.81. The number of fused-ring (bicyclic) bond motifs is 1. The molecule has 0 unspecified atom stereocenters. The quantitative estimate of drug-likeness (QED) is 0.296. The fraction of sp³-hybridized carbons (Fsp3) is 0.421. The summed E-state index contributed by atoms with van der Waals surface area (Å²) in [4.78, 5) is 22.8. The van der Waals surface area contributed by atoms with Crippen molar-refractivity contribution in [3.8, 4) is 0 Å². The van der Waals surface area contributed by atoms with Gasteiger partial charge in [-0.1, -0.05) is 35.8 Å². The number of nitrogens with one attached hydrogen (secondary N) is 2. The standard InChI is InChI=1S/C15H20ClN5O.C4H4N2.2ClH/c1-9-14(18-11-6-4-3-5-7-11)21-13(17)8-12(16)19-15(21)20(9)10(2)22;1-2-5-4-6-3-1;;/h8,11,17-18H,3-7H2,1-2H3;1-4H;2*1H. The molecule has 0 aliphatic heterocycles. The van der Waals surface area contributed by atoms with E-state index in [-0.39, 0.29) is 35.9 Å². The number of nitrogens with zero attached hydrogens (tertiary/aromatic N) is 4. The van der Waals surface area contributed by atoms with Crippen molar-refractivity contribution in [2.75, 3.05) is 11.1 Å². The van der Waals surface area contributed by atoms with Crippen LogP contribution in [0.3, 0.4) is 0 Å². The first-order valence-electron chi connectivity index (χ1n) is 9.41. The van der Waals surface area contributed by atoms with Gasteiger partial charge < -0.3 is 35.9 Å². The summed E-state index contributed by atoms with van der Waals surface area (Å²) in [6.45, 7) is 3.41. The lowest BCUT2D eigenvalue weighted by Gasteiger charge is -2.21. The van der Waals surface area contributed by atoms with E-state index in [9.17, 15) is 4.79 Å². The molecule has 3 heterocycles. The molecule has 11 heteroatoms. The van der Waals surface area contributed by atoms with E-state index in [1.807, 2.05) is 19.2 Å². The van der Waals surface area contributed by atoms with Gasteiger partial charge in [-0.3, -0.25) is 9.78 Å². The molecular weight excluding hydrogens is 449 g/mol. The van der Waals surface area contributed by atoms with Crippen LogP contribution in [-0.2, 0) is 0 Å². The molecule has 0 spiro atoms. The van der Waals surface area contributed by atoms with Crippen molar-refractivity contribution in [2.45, 2.75) is 52.0 Å². The summed E-state index contributed by atoms with van der Waals surface area (Å²) >= 11 is 6.00. The molecule has 4 N–H and O–H groups in total. The molecule has 30 heavy (non-hydrogen) atoms. The molecule has 0 bridgehead atoms. The summed E-state index contributed by atoms with van der Waals surface area (Å²) in [5, 5.41) is 3.83. The summed E-state index contributed by atoms with van der Waals surface area (Å²) in [6.07, 6.45) is 11.2. The molecule has 1 aliphatic carbocycles. The van der Waals surface area contributed by atoms with Gasteiger partial charge >= 0.3 is 5.78 Å². The third-order valence-corrected chi connectivity index (χ3v) is 5.00. The topological polar surface area (TPSA) is 104 Å². The minimum absolute atomic E-state index is 0. The number of aromatic nitrogens is 5. The van der Waals surface area contributed by atoms with Crippen LogP contribution in [0.5, 0.6) is 0 Å². The number of nitrogen functional groups attached to an aromatic ring is 1. The van der Waals surface area contributed by atoms with Crippen LogP contribution in [0.4, 0.5) is 11.6 Å². The predicted molar refractivity (Wildman–Crippen MR) is 107 cm³/mol. The van der Waals surface area contributed by atoms with Crippen LogP contribution in [0.15, 0.2) is 30.9 Å². The lowest BCUT2D eigenvalue weighted by atomic mass is 9.95. The minimum Gasteiger partial charge on any atom is -1.00 e. The molecule has 0 amide bonds. The molecule has 3 aromatic rings. The van der Waals surface area contributed by atoms with Gasteiger partial charge in [-0.15, -0.1) is 4.98 Å². The summed E-state index contributed by atoms with van der Waals surface area (Å²) in [5.74, 6) is 1.64.